The Bertz CT molecular complexity index is 607. The highest BCUT2D eigenvalue weighted by Gasteiger charge is 2.08. The first-order valence-corrected chi connectivity index (χ1v) is 5.48. The van der Waals surface area contributed by atoms with Crippen molar-refractivity contribution in [2.24, 2.45) is 0 Å². The highest BCUT2D eigenvalue weighted by molar-refractivity contribution is 5.92. The van der Waals surface area contributed by atoms with E-state index in [-0.39, 0.29) is 0 Å². The van der Waals surface area contributed by atoms with Crippen LogP contribution in [0.2, 0.25) is 0 Å². The molecule has 2 aromatic rings. The van der Waals surface area contributed by atoms with Crippen molar-refractivity contribution < 1.29 is 18.7 Å². The van der Waals surface area contributed by atoms with Crippen LogP contribution in [0.5, 0.6) is 5.75 Å². The summed E-state index contributed by atoms with van der Waals surface area (Å²) in [6.07, 6.45) is 1.40. The second kappa shape index (κ2) is 4.96. The van der Waals surface area contributed by atoms with E-state index in [2.05, 4.69) is 4.74 Å². The van der Waals surface area contributed by atoms with Gasteiger partial charge in [-0.15, -0.1) is 0 Å². The van der Waals surface area contributed by atoms with E-state index >= 15 is 0 Å². The SMILES string of the molecule is COC(=O)C=C(C)c1cc2cc(OC)ccc2o1. The van der Waals surface area contributed by atoms with Gasteiger partial charge >= 0.3 is 5.97 Å². The normalized spacial score (nSPS) is 11.6. The first-order chi connectivity index (χ1) is 8.63. The van der Waals surface area contributed by atoms with Crippen molar-refractivity contribution in [3.8, 4) is 5.75 Å². The molecule has 0 bridgehead atoms. The second-order valence-electron chi connectivity index (χ2n) is 3.86. The van der Waals surface area contributed by atoms with E-state index in [9.17, 15) is 4.79 Å². The Kier molecular flexibility index (Phi) is 3.37. The number of methoxy groups -OCH3 is 2. The van der Waals surface area contributed by atoms with E-state index in [1.807, 2.05) is 24.3 Å². The molecule has 4 heteroatoms. The molecule has 0 aliphatic heterocycles. The maximum absolute atomic E-state index is 11.2. The number of hydrogen-bond acceptors (Lipinski definition) is 4. The summed E-state index contributed by atoms with van der Waals surface area (Å²) in [5.74, 6) is 1.01. The quantitative estimate of drug-likeness (QED) is 0.617. The number of ether oxygens (including phenoxy) is 2. The number of allylic oxidation sites excluding steroid dienone is 1. The summed E-state index contributed by atoms with van der Waals surface area (Å²) >= 11 is 0. The van der Waals surface area contributed by atoms with Crippen LogP contribution in [0.4, 0.5) is 0 Å². The van der Waals surface area contributed by atoms with Crippen molar-refractivity contribution in [2.45, 2.75) is 6.92 Å². The summed E-state index contributed by atoms with van der Waals surface area (Å²) in [4.78, 5) is 11.2. The minimum Gasteiger partial charge on any atom is -0.497 e. The van der Waals surface area contributed by atoms with Crippen LogP contribution in [-0.4, -0.2) is 20.2 Å². The molecule has 0 unspecified atom stereocenters. The average Bonchev–Trinajstić information content (AvgIpc) is 2.81. The van der Waals surface area contributed by atoms with Gasteiger partial charge in [-0.25, -0.2) is 4.79 Å². The van der Waals surface area contributed by atoms with Gasteiger partial charge in [0.2, 0.25) is 0 Å². The Morgan fingerprint density at radius 2 is 2.06 bits per heavy atom. The van der Waals surface area contributed by atoms with Crippen molar-refractivity contribution in [2.75, 3.05) is 14.2 Å². The van der Waals surface area contributed by atoms with Gasteiger partial charge in [0.05, 0.1) is 14.2 Å². The molecule has 0 N–H and O–H groups in total. The molecule has 0 aliphatic rings. The molecule has 0 spiro atoms. The molecular formula is C14H14O4. The van der Waals surface area contributed by atoms with Crippen LogP contribution in [-0.2, 0) is 9.53 Å². The van der Waals surface area contributed by atoms with Gasteiger partial charge in [-0.3, -0.25) is 0 Å². The molecular weight excluding hydrogens is 232 g/mol. The third-order valence-corrected chi connectivity index (χ3v) is 2.65. The number of fused-ring (bicyclic) bond motifs is 1. The van der Waals surface area contributed by atoms with Gasteiger partial charge in [0.1, 0.15) is 17.1 Å². The van der Waals surface area contributed by atoms with Crippen LogP contribution < -0.4 is 4.74 Å². The number of esters is 1. The summed E-state index contributed by atoms with van der Waals surface area (Å²) in [5, 5.41) is 0.932. The fourth-order valence-corrected chi connectivity index (χ4v) is 1.65. The minimum absolute atomic E-state index is 0.398. The molecule has 0 fully saturated rings. The molecule has 2 rings (SSSR count). The molecule has 0 radical (unpaired) electrons. The molecule has 0 saturated heterocycles. The zero-order valence-electron chi connectivity index (χ0n) is 10.5. The fourth-order valence-electron chi connectivity index (χ4n) is 1.65. The van der Waals surface area contributed by atoms with Gasteiger partial charge < -0.3 is 13.9 Å². The lowest BCUT2D eigenvalue weighted by molar-refractivity contribution is -0.134. The lowest BCUT2D eigenvalue weighted by atomic mass is 10.2. The monoisotopic (exact) mass is 246 g/mol. The molecule has 1 heterocycles. The average molecular weight is 246 g/mol. The van der Waals surface area contributed by atoms with Crippen molar-refractivity contribution in [3.05, 3.63) is 36.1 Å². The van der Waals surface area contributed by atoms with E-state index in [1.165, 1.54) is 13.2 Å². The zero-order valence-corrected chi connectivity index (χ0v) is 10.5. The standard InChI is InChI=1S/C14H14O4/c1-9(6-14(15)17-3)13-8-10-7-11(16-2)4-5-12(10)18-13/h4-8H,1-3H3. The van der Waals surface area contributed by atoms with Gasteiger partial charge in [0.25, 0.3) is 0 Å². The predicted octanol–water partition coefficient (Wildman–Crippen LogP) is 3.02. The van der Waals surface area contributed by atoms with Gasteiger partial charge in [0, 0.05) is 11.5 Å². The second-order valence-corrected chi connectivity index (χ2v) is 3.86. The minimum atomic E-state index is -0.398. The van der Waals surface area contributed by atoms with Gasteiger partial charge in [-0.05, 0) is 36.8 Å². The summed E-state index contributed by atoms with van der Waals surface area (Å²) in [7, 11) is 2.96. The van der Waals surface area contributed by atoms with Crippen LogP contribution in [0.25, 0.3) is 16.5 Å². The third-order valence-electron chi connectivity index (χ3n) is 2.65. The summed E-state index contributed by atoms with van der Waals surface area (Å²) < 4.78 is 15.4. The van der Waals surface area contributed by atoms with E-state index in [0.29, 0.717) is 5.76 Å². The number of hydrogen-bond donors (Lipinski definition) is 0. The summed E-state index contributed by atoms with van der Waals surface area (Å²) in [6, 6.07) is 7.42. The number of furan rings is 1. The molecule has 0 amide bonds. The third kappa shape index (κ3) is 2.37. The number of carbonyl (C=O) groups is 1. The van der Waals surface area contributed by atoms with Crippen LogP contribution >= 0.6 is 0 Å². The maximum atomic E-state index is 11.2. The fraction of sp³-hybridized carbons (Fsp3) is 0.214. The Labute approximate surface area is 105 Å². The van der Waals surface area contributed by atoms with Crippen LogP contribution in [0.1, 0.15) is 12.7 Å². The Balaban J connectivity index is 2.41. The van der Waals surface area contributed by atoms with Gasteiger partial charge in [-0.2, -0.15) is 0 Å². The van der Waals surface area contributed by atoms with Crippen LogP contribution in [0, 0.1) is 0 Å². The first-order valence-electron chi connectivity index (χ1n) is 5.48. The van der Waals surface area contributed by atoms with Crippen molar-refractivity contribution >= 4 is 22.5 Å². The topological polar surface area (TPSA) is 48.7 Å². The highest BCUT2D eigenvalue weighted by Crippen LogP contribution is 2.27. The van der Waals surface area contributed by atoms with E-state index in [4.69, 9.17) is 9.15 Å². The summed E-state index contributed by atoms with van der Waals surface area (Å²) in [5.41, 5.74) is 1.47. The van der Waals surface area contributed by atoms with Crippen LogP contribution in [0.15, 0.2) is 34.8 Å². The Morgan fingerprint density at radius 1 is 1.28 bits per heavy atom. The van der Waals surface area contributed by atoms with E-state index in [0.717, 1.165) is 22.3 Å². The smallest absolute Gasteiger partial charge is 0.330 e. The van der Waals surface area contributed by atoms with Gasteiger partial charge in [0.15, 0.2) is 0 Å². The zero-order chi connectivity index (χ0) is 13.1. The lowest BCUT2D eigenvalue weighted by Gasteiger charge is -1.96. The molecule has 1 aromatic carbocycles. The molecule has 1 aromatic heterocycles. The van der Waals surface area contributed by atoms with Gasteiger partial charge in [-0.1, -0.05) is 0 Å². The van der Waals surface area contributed by atoms with Crippen molar-refractivity contribution in [1.29, 1.82) is 0 Å². The van der Waals surface area contributed by atoms with E-state index < -0.39 is 5.97 Å². The number of benzene rings is 1. The lowest BCUT2D eigenvalue weighted by Crippen LogP contribution is -1.95. The van der Waals surface area contributed by atoms with Crippen molar-refractivity contribution in [1.82, 2.24) is 0 Å². The maximum Gasteiger partial charge on any atom is 0.330 e. The Morgan fingerprint density at radius 3 is 2.72 bits per heavy atom. The largest absolute Gasteiger partial charge is 0.497 e. The first kappa shape index (κ1) is 12.2. The molecule has 0 atom stereocenters. The molecule has 4 nitrogen and oxygen atoms in total. The molecule has 94 valence electrons. The molecule has 0 saturated carbocycles. The highest BCUT2D eigenvalue weighted by atomic mass is 16.5. The molecule has 0 aliphatic carbocycles. The van der Waals surface area contributed by atoms with Crippen LogP contribution in [0.3, 0.4) is 0 Å². The van der Waals surface area contributed by atoms with Crippen molar-refractivity contribution in [3.63, 3.8) is 0 Å². The number of rotatable bonds is 3. The number of carbonyl (C=O) groups excluding carboxylic acids is 1. The Hall–Kier alpha value is -2.23. The predicted molar refractivity (Wildman–Crippen MR) is 68.4 cm³/mol. The summed E-state index contributed by atoms with van der Waals surface area (Å²) in [6.45, 7) is 1.80. The van der Waals surface area contributed by atoms with E-state index in [1.54, 1.807) is 14.0 Å². The molecule has 18 heavy (non-hydrogen) atoms.